The highest BCUT2D eigenvalue weighted by molar-refractivity contribution is 6.09. The van der Waals surface area contributed by atoms with E-state index in [0.29, 0.717) is 0 Å². The summed E-state index contributed by atoms with van der Waals surface area (Å²) >= 11 is 0. The zero-order valence-electron chi connectivity index (χ0n) is 29.7. The van der Waals surface area contributed by atoms with Crippen LogP contribution in [-0.4, -0.2) is 4.57 Å². The van der Waals surface area contributed by atoms with E-state index in [1.165, 1.54) is 71.6 Å². The van der Waals surface area contributed by atoms with Crippen LogP contribution in [0, 0.1) is 0 Å². The molecule has 1 heterocycles. The predicted octanol–water partition coefficient (Wildman–Crippen LogP) is 14.4. The lowest BCUT2D eigenvalue weighted by atomic mass is 9.97. The molecule has 9 aromatic carbocycles. The molecule has 54 heavy (non-hydrogen) atoms. The molecule has 0 atom stereocenters. The van der Waals surface area contributed by atoms with Crippen LogP contribution in [0.4, 0.5) is 17.1 Å². The van der Waals surface area contributed by atoms with E-state index in [0.717, 1.165) is 17.1 Å². The number of benzene rings is 9. The number of hydrogen-bond acceptors (Lipinski definition) is 1. The fourth-order valence-electron chi connectivity index (χ4n) is 8.06. The Hall–Kier alpha value is -7.16. The molecule has 0 saturated heterocycles. The summed E-state index contributed by atoms with van der Waals surface area (Å²) in [5.74, 6) is 0. The third kappa shape index (κ3) is 5.53. The van der Waals surface area contributed by atoms with Crippen molar-refractivity contribution in [2.24, 2.45) is 0 Å². The minimum absolute atomic E-state index is 1.11. The molecule has 10 rings (SSSR count). The van der Waals surface area contributed by atoms with E-state index in [-0.39, 0.29) is 0 Å². The molecule has 10 aromatic rings. The molecule has 0 aliphatic carbocycles. The van der Waals surface area contributed by atoms with Gasteiger partial charge >= 0.3 is 0 Å². The highest BCUT2D eigenvalue weighted by Gasteiger charge is 2.16. The summed E-state index contributed by atoms with van der Waals surface area (Å²) in [6.07, 6.45) is 0. The third-order valence-corrected chi connectivity index (χ3v) is 10.6. The second-order valence-corrected chi connectivity index (χ2v) is 13.8. The Balaban J connectivity index is 1.01. The van der Waals surface area contributed by atoms with Gasteiger partial charge in [-0.15, -0.1) is 0 Å². The first kappa shape index (κ1) is 31.6. The van der Waals surface area contributed by atoms with Crippen molar-refractivity contribution in [2.75, 3.05) is 4.90 Å². The Morgan fingerprint density at radius 1 is 0.296 bits per heavy atom. The molecular weight excluding hydrogens is 653 g/mol. The average Bonchev–Trinajstić information content (AvgIpc) is 3.59. The molecular formula is C52H36N2. The molecule has 254 valence electrons. The van der Waals surface area contributed by atoms with E-state index in [4.69, 9.17) is 0 Å². The van der Waals surface area contributed by atoms with Crippen molar-refractivity contribution in [3.63, 3.8) is 0 Å². The molecule has 0 aliphatic heterocycles. The van der Waals surface area contributed by atoms with Gasteiger partial charge in [-0.2, -0.15) is 0 Å². The van der Waals surface area contributed by atoms with Crippen molar-refractivity contribution >= 4 is 49.6 Å². The summed E-state index contributed by atoms with van der Waals surface area (Å²) in [7, 11) is 0. The van der Waals surface area contributed by atoms with Crippen molar-refractivity contribution in [3.05, 3.63) is 218 Å². The summed E-state index contributed by atoms with van der Waals surface area (Å²) in [6, 6.07) is 78.7. The minimum Gasteiger partial charge on any atom is -0.311 e. The van der Waals surface area contributed by atoms with E-state index in [9.17, 15) is 0 Å². The maximum atomic E-state index is 2.41. The van der Waals surface area contributed by atoms with Crippen molar-refractivity contribution in [1.29, 1.82) is 0 Å². The first-order chi connectivity index (χ1) is 26.8. The fourth-order valence-corrected chi connectivity index (χ4v) is 8.06. The van der Waals surface area contributed by atoms with Gasteiger partial charge in [0.05, 0.1) is 16.7 Å². The topological polar surface area (TPSA) is 8.17 Å². The Bertz CT molecular complexity index is 2860. The molecule has 0 amide bonds. The molecule has 0 fully saturated rings. The number of hydrogen-bond donors (Lipinski definition) is 0. The standard InChI is InChI=1S/C52H36N2/c1-2-18-42(19-3-1)53(44-34-30-39(31-35-44)46-24-13-15-38-14-4-5-20-45(38)46)43-32-28-37(29-33-43)40-16-12-17-41(36-40)47-21-6-9-25-50(47)54-51-26-10-7-22-48(51)49-23-8-11-27-52(49)54/h1-36H. The number of para-hydroxylation sites is 4. The predicted molar refractivity (Wildman–Crippen MR) is 229 cm³/mol. The number of rotatable bonds is 7. The van der Waals surface area contributed by atoms with Crippen LogP contribution in [0.1, 0.15) is 0 Å². The Labute approximate surface area is 315 Å². The van der Waals surface area contributed by atoms with Crippen LogP contribution in [0.5, 0.6) is 0 Å². The van der Waals surface area contributed by atoms with Gasteiger partial charge in [-0.1, -0.05) is 158 Å². The van der Waals surface area contributed by atoms with Crippen molar-refractivity contribution in [2.45, 2.75) is 0 Å². The highest BCUT2D eigenvalue weighted by Crippen LogP contribution is 2.40. The number of fused-ring (bicyclic) bond motifs is 4. The van der Waals surface area contributed by atoms with E-state index >= 15 is 0 Å². The number of nitrogens with zero attached hydrogens (tertiary/aromatic N) is 2. The summed E-state index contributed by atoms with van der Waals surface area (Å²) in [5, 5.41) is 5.05. The fraction of sp³-hybridized carbons (Fsp3) is 0. The zero-order valence-corrected chi connectivity index (χ0v) is 29.7. The quantitative estimate of drug-likeness (QED) is 0.162. The van der Waals surface area contributed by atoms with Gasteiger partial charge in [0.25, 0.3) is 0 Å². The smallest absolute Gasteiger partial charge is 0.0541 e. The van der Waals surface area contributed by atoms with Crippen LogP contribution < -0.4 is 4.90 Å². The number of aromatic nitrogens is 1. The largest absolute Gasteiger partial charge is 0.311 e. The van der Waals surface area contributed by atoms with Gasteiger partial charge in [-0.05, 0) is 99.3 Å². The summed E-state index contributed by atoms with van der Waals surface area (Å²) in [6.45, 7) is 0. The zero-order chi connectivity index (χ0) is 35.8. The third-order valence-electron chi connectivity index (χ3n) is 10.6. The molecule has 0 unspecified atom stereocenters. The average molecular weight is 689 g/mol. The molecule has 2 heteroatoms. The molecule has 0 N–H and O–H groups in total. The highest BCUT2D eigenvalue weighted by atomic mass is 15.1. The Morgan fingerprint density at radius 3 is 1.52 bits per heavy atom. The SMILES string of the molecule is c1ccc(N(c2ccc(-c3cccc(-c4ccccc4-n4c5ccccc5c5ccccc54)c3)cc2)c2ccc(-c3cccc4ccccc34)cc2)cc1. The van der Waals surface area contributed by atoms with Gasteiger partial charge < -0.3 is 9.47 Å². The van der Waals surface area contributed by atoms with Gasteiger partial charge in [-0.3, -0.25) is 0 Å². The molecule has 0 radical (unpaired) electrons. The van der Waals surface area contributed by atoms with E-state index in [1.54, 1.807) is 0 Å². The van der Waals surface area contributed by atoms with Crippen LogP contribution in [0.2, 0.25) is 0 Å². The lowest BCUT2D eigenvalue weighted by molar-refractivity contribution is 1.18. The van der Waals surface area contributed by atoms with Crippen molar-refractivity contribution in [1.82, 2.24) is 4.57 Å². The van der Waals surface area contributed by atoms with Crippen LogP contribution in [0.15, 0.2) is 218 Å². The van der Waals surface area contributed by atoms with Gasteiger partial charge in [0.1, 0.15) is 0 Å². The van der Waals surface area contributed by atoms with Gasteiger partial charge in [0, 0.05) is 33.4 Å². The van der Waals surface area contributed by atoms with Crippen molar-refractivity contribution < 1.29 is 0 Å². The second kappa shape index (κ2) is 13.4. The first-order valence-electron chi connectivity index (χ1n) is 18.5. The van der Waals surface area contributed by atoms with Crippen LogP contribution in [-0.2, 0) is 0 Å². The van der Waals surface area contributed by atoms with Gasteiger partial charge in [0.2, 0.25) is 0 Å². The normalized spacial score (nSPS) is 11.3. The lowest BCUT2D eigenvalue weighted by Gasteiger charge is -2.26. The maximum absolute atomic E-state index is 2.41. The first-order valence-corrected chi connectivity index (χ1v) is 18.5. The maximum Gasteiger partial charge on any atom is 0.0541 e. The molecule has 0 aliphatic rings. The molecule has 0 bridgehead atoms. The molecule has 2 nitrogen and oxygen atoms in total. The summed E-state index contributed by atoms with van der Waals surface area (Å²) in [4.78, 5) is 2.33. The lowest BCUT2D eigenvalue weighted by Crippen LogP contribution is -2.09. The monoisotopic (exact) mass is 688 g/mol. The molecule has 0 spiro atoms. The molecule has 1 aromatic heterocycles. The van der Waals surface area contributed by atoms with E-state index in [2.05, 4.69) is 228 Å². The van der Waals surface area contributed by atoms with Crippen LogP contribution in [0.25, 0.3) is 71.6 Å². The summed E-state index contributed by atoms with van der Waals surface area (Å²) in [5.41, 5.74) is 14.1. The van der Waals surface area contributed by atoms with E-state index < -0.39 is 0 Å². The Morgan fingerprint density at radius 2 is 0.796 bits per heavy atom. The van der Waals surface area contributed by atoms with Crippen LogP contribution in [0.3, 0.4) is 0 Å². The van der Waals surface area contributed by atoms with Gasteiger partial charge in [0.15, 0.2) is 0 Å². The summed E-state index contributed by atoms with van der Waals surface area (Å²) < 4.78 is 2.41. The number of anilines is 3. The van der Waals surface area contributed by atoms with Gasteiger partial charge in [-0.25, -0.2) is 0 Å². The van der Waals surface area contributed by atoms with E-state index in [1.807, 2.05) is 0 Å². The molecule has 0 saturated carbocycles. The van der Waals surface area contributed by atoms with Crippen molar-refractivity contribution in [3.8, 4) is 39.1 Å². The van der Waals surface area contributed by atoms with Crippen LogP contribution >= 0.6 is 0 Å². The minimum atomic E-state index is 1.11. The second-order valence-electron chi connectivity index (χ2n) is 13.8. The Kier molecular flexibility index (Phi) is 7.85.